The van der Waals surface area contributed by atoms with Gasteiger partial charge in [-0.3, -0.25) is 4.79 Å². The van der Waals surface area contributed by atoms with Crippen molar-refractivity contribution in [1.29, 1.82) is 0 Å². The number of carbonyl (C=O) groups is 1. The summed E-state index contributed by atoms with van der Waals surface area (Å²) >= 11 is 0. The summed E-state index contributed by atoms with van der Waals surface area (Å²) in [5.74, 6) is -0.556. The van der Waals surface area contributed by atoms with E-state index in [1.807, 2.05) is 13.0 Å². The molecule has 0 aromatic carbocycles. The molecule has 0 amide bonds. The number of aromatic nitrogens is 5. The molecular formula is C21H36N6O3Si. The smallest absolute Gasteiger partial charge is 0.307 e. The molecular weight excluding hydrogens is 412 g/mol. The van der Waals surface area contributed by atoms with Crippen molar-refractivity contribution >= 4 is 19.9 Å². The number of hydrogen-bond donors (Lipinski definition) is 2. The van der Waals surface area contributed by atoms with Gasteiger partial charge in [0.05, 0.1) is 5.92 Å². The summed E-state index contributed by atoms with van der Waals surface area (Å²) in [6, 6.07) is 4.79. The van der Waals surface area contributed by atoms with Crippen LogP contribution in [0.15, 0.2) is 18.3 Å². The zero-order valence-corrected chi connectivity index (χ0v) is 20.1. The number of tetrazole rings is 1. The highest BCUT2D eigenvalue weighted by Crippen LogP contribution is 2.32. The molecule has 0 radical (unpaired) electrons. The van der Waals surface area contributed by atoms with Crippen LogP contribution in [0, 0.1) is 5.92 Å². The number of aliphatic carboxylic acids is 1. The van der Waals surface area contributed by atoms with Gasteiger partial charge in [0.25, 0.3) is 0 Å². The zero-order chi connectivity index (χ0) is 22.9. The minimum Gasteiger partial charge on any atom is -0.481 e. The van der Waals surface area contributed by atoms with Crippen LogP contribution in [-0.4, -0.2) is 50.9 Å². The van der Waals surface area contributed by atoms with Gasteiger partial charge in [-0.15, -0.1) is 5.10 Å². The van der Waals surface area contributed by atoms with Gasteiger partial charge in [-0.2, -0.15) is 0 Å². The summed E-state index contributed by atoms with van der Waals surface area (Å²) in [5, 5.41) is 22.0. The van der Waals surface area contributed by atoms with Gasteiger partial charge in [-0.25, -0.2) is 9.67 Å². The number of nitrogens with zero attached hydrogens (tertiary/aromatic N) is 5. The van der Waals surface area contributed by atoms with Crippen LogP contribution in [0.3, 0.4) is 0 Å². The molecule has 0 saturated carbocycles. The van der Waals surface area contributed by atoms with Crippen molar-refractivity contribution in [3.05, 3.63) is 29.7 Å². The Morgan fingerprint density at radius 2 is 2.06 bits per heavy atom. The SMILES string of the molecule is CCC[C@H](C(=O)O)[C@H](CCCc1ccc(N)nc1)c1nnnn1COCC[Si](C)(C)C. The van der Waals surface area contributed by atoms with E-state index in [0.717, 1.165) is 30.9 Å². The predicted octanol–water partition coefficient (Wildman–Crippen LogP) is 3.57. The maximum atomic E-state index is 12.1. The third-order valence-electron chi connectivity index (χ3n) is 5.33. The molecule has 0 bridgehead atoms. The summed E-state index contributed by atoms with van der Waals surface area (Å²) in [5.41, 5.74) is 6.73. The van der Waals surface area contributed by atoms with Crippen molar-refractivity contribution < 1.29 is 14.6 Å². The largest absolute Gasteiger partial charge is 0.481 e. The lowest BCUT2D eigenvalue weighted by Gasteiger charge is -2.23. The van der Waals surface area contributed by atoms with Gasteiger partial charge in [-0.1, -0.05) is 39.1 Å². The second kappa shape index (κ2) is 11.9. The van der Waals surface area contributed by atoms with E-state index in [1.54, 1.807) is 16.9 Å². The van der Waals surface area contributed by atoms with E-state index in [1.165, 1.54) is 0 Å². The molecule has 10 heteroatoms. The number of carboxylic acids is 1. The molecule has 2 heterocycles. The van der Waals surface area contributed by atoms with Crippen LogP contribution >= 0.6 is 0 Å². The third-order valence-corrected chi connectivity index (χ3v) is 7.04. The Hall–Kier alpha value is -2.33. The second-order valence-electron chi connectivity index (χ2n) is 9.21. The highest BCUT2D eigenvalue weighted by molar-refractivity contribution is 6.76. The van der Waals surface area contributed by atoms with Crippen LogP contribution in [-0.2, 0) is 22.7 Å². The van der Waals surface area contributed by atoms with Crippen LogP contribution in [0.1, 0.15) is 49.9 Å². The van der Waals surface area contributed by atoms with Crippen LogP contribution in [0.4, 0.5) is 5.82 Å². The third kappa shape index (κ3) is 8.37. The average Bonchev–Trinajstić information content (AvgIpc) is 3.16. The van der Waals surface area contributed by atoms with Crippen molar-refractivity contribution in [2.75, 3.05) is 12.3 Å². The van der Waals surface area contributed by atoms with Gasteiger partial charge in [0, 0.05) is 26.8 Å². The lowest BCUT2D eigenvalue weighted by Crippen LogP contribution is -2.26. The zero-order valence-electron chi connectivity index (χ0n) is 19.1. The molecule has 0 aliphatic rings. The number of pyridine rings is 1. The van der Waals surface area contributed by atoms with Crippen molar-refractivity contribution in [1.82, 2.24) is 25.2 Å². The first-order valence-electron chi connectivity index (χ1n) is 11.0. The molecule has 3 N–H and O–H groups in total. The van der Waals surface area contributed by atoms with Crippen LogP contribution in [0.25, 0.3) is 0 Å². The fourth-order valence-electron chi connectivity index (χ4n) is 3.53. The molecule has 9 nitrogen and oxygen atoms in total. The summed E-state index contributed by atoms with van der Waals surface area (Å²) in [6.45, 7) is 9.79. The molecule has 31 heavy (non-hydrogen) atoms. The van der Waals surface area contributed by atoms with E-state index >= 15 is 0 Å². The standard InChI is InChI=1S/C21H36N6O3Si/c1-5-7-18(21(28)29)17(9-6-8-16-10-11-19(22)23-14-16)20-24-25-26-27(20)15-30-12-13-31(2,3)4/h10-11,14,17-18H,5-9,12-13,15H2,1-4H3,(H2,22,23)(H,28,29)/t17-,18-/m0/s1. The fourth-order valence-corrected chi connectivity index (χ4v) is 4.28. The molecule has 2 aromatic rings. The molecule has 0 aliphatic carbocycles. The molecule has 2 rings (SSSR count). The lowest BCUT2D eigenvalue weighted by molar-refractivity contribution is -0.143. The molecule has 0 unspecified atom stereocenters. The quantitative estimate of drug-likeness (QED) is 0.331. The molecule has 0 saturated heterocycles. The Balaban J connectivity index is 2.10. The average molecular weight is 449 g/mol. The van der Waals surface area contributed by atoms with E-state index in [2.05, 4.69) is 40.2 Å². The van der Waals surface area contributed by atoms with Gasteiger partial charge in [0.15, 0.2) is 5.82 Å². The Morgan fingerprint density at radius 3 is 2.68 bits per heavy atom. The summed E-state index contributed by atoms with van der Waals surface area (Å²) < 4.78 is 7.43. The molecule has 0 spiro atoms. The molecule has 2 aromatic heterocycles. The lowest BCUT2D eigenvalue weighted by atomic mass is 9.84. The number of rotatable bonds is 14. The van der Waals surface area contributed by atoms with E-state index in [4.69, 9.17) is 10.5 Å². The highest BCUT2D eigenvalue weighted by Gasteiger charge is 2.32. The van der Waals surface area contributed by atoms with Crippen molar-refractivity contribution in [3.8, 4) is 0 Å². The first kappa shape index (κ1) is 24.9. The van der Waals surface area contributed by atoms with Crippen LogP contribution < -0.4 is 5.73 Å². The van der Waals surface area contributed by atoms with Gasteiger partial charge < -0.3 is 15.6 Å². The number of anilines is 1. The first-order valence-corrected chi connectivity index (χ1v) is 14.7. The maximum absolute atomic E-state index is 12.1. The molecule has 0 aliphatic heterocycles. The Kier molecular flexibility index (Phi) is 9.57. The Morgan fingerprint density at radius 1 is 1.29 bits per heavy atom. The van der Waals surface area contributed by atoms with Crippen LogP contribution in [0.5, 0.6) is 0 Å². The number of aryl methyl sites for hydroxylation is 1. The van der Waals surface area contributed by atoms with Crippen molar-refractivity contribution in [2.24, 2.45) is 5.92 Å². The van der Waals surface area contributed by atoms with Crippen molar-refractivity contribution in [2.45, 2.75) is 77.4 Å². The Labute approximate surface area is 185 Å². The topological polar surface area (TPSA) is 129 Å². The maximum Gasteiger partial charge on any atom is 0.307 e. The molecule has 2 atom stereocenters. The number of nitrogen functional groups attached to an aromatic ring is 1. The Bertz CT molecular complexity index is 806. The highest BCUT2D eigenvalue weighted by atomic mass is 28.3. The van der Waals surface area contributed by atoms with E-state index in [0.29, 0.717) is 31.1 Å². The minimum atomic E-state index is -1.19. The van der Waals surface area contributed by atoms with Gasteiger partial charge in [-0.05, 0) is 53.8 Å². The van der Waals surface area contributed by atoms with Gasteiger partial charge in [0.2, 0.25) is 0 Å². The molecule has 172 valence electrons. The monoisotopic (exact) mass is 448 g/mol. The summed E-state index contributed by atoms with van der Waals surface area (Å²) in [6.07, 6.45) is 5.37. The van der Waals surface area contributed by atoms with E-state index in [9.17, 15) is 9.90 Å². The summed E-state index contributed by atoms with van der Waals surface area (Å²) in [4.78, 5) is 16.2. The predicted molar refractivity (Wildman–Crippen MR) is 122 cm³/mol. The number of carboxylic acid groups (broad SMARTS) is 1. The minimum absolute atomic E-state index is 0.240. The fraction of sp³-hybridized carbons (Fsp3) is 0.667. The molecule has 0 fully saturated rings. The number of nitrogens with two attached hydrogens (primary N) is 1. The van der Waals surface area contributed by atoms with E-state index < -0.39 is 20.0 Å². The number of ether oxygens (including phenoxy) is 1. The van der Waals surface area contributed by atoms with Gasteiger partial charge >= 0.3 is 5.97 Å². The van der Waals surface area contributed by atoms with Crippen molar-refractivity contribution in [3.63, 3.8) is 0 Å². The number of hydrogen-bond acceptors (Lipinski definition) is 7. The van der Waals surface area contributed by atoms with E-state index in [-0.39, 0.29) is 12.6 Å². The summed E-state index contributed by atoms with van der Waals surface area (Å²) in [7, 11) is -1.19. The van der Waals surface area contributed by atoms with Crippen LogP contribution in [0.2, 0.25) is 25.7 Å². The second-order valence-corrected chi connectivity index (χ2v) is 14.8. The first-order chi connectivity index (χ1) is 14.7. The normalized spacial score (nSPS) is 13.8. The van der Waals surface area contributed by atoms with Gasteiger partial charge in [0.1, 0.15) is 12.5 Å².